The molecule has 0 unspecified atom stereocenters. The van der Waals surface area contributed by atoms with Gasteiger partial charge in [0.25, 0.3) is 5.91 Å². The lowest BCUT2D eigenvalue weighted by Crippen LogP contribution is -2.31. The van der Waals surface area contributed by atoms with E-state index in [-0.39, 0.29) is 11.8 Å². The number of hydrogen-bond donors (Lipinski definition) is 2. The van der Waals surface area contributed by atoms with Crippen molar-refractivity contribution in [3.05, 3.63) is 48.3 Å². The van der Waals surface area contributed by atoms with Gasteiger partial charge in [0.1, 0.15) is 5.69 Å². The van der Waals surface area contributed by atoms with Crippen LogP contribution in [0.15, 0.2) is 42.6 Å². The number of anilines is 3. The number of carbonyl (C=O) groups is 2. The van der Waals surface area contributed by atoms with Crippen LogP contribution in [0.2, 0.25) is 0 Å². The first-order valence-electron chi connectivity index (χ1n) is 7.93. The molecule has 1 aromatic heterocycles. The number of amides is 2. The molecule has 0 aliphatic rings. The Kier molecular flexibility index (Phi) is 5.89. The van der Waals surface area contributed by atoms with Crippen LogP contribution in [0.4, 0.5) is 17.1 Å². The van der Waals surface area contributed by atoms with Gasteiger partial charge < -0.3 is 15.5 Å². The monoisotopic (exact) mass is 326 g/mol. The highest BCUT2D eigenvalue weighted by atomic mass is 16.2. The van der Waals surface area contributed by atoms with Crippen LogP contribution in [0, 0.1) is 0 Å². The molecule has 2 aromatic rings. The second-order valence-corrected chi connectivity index (χ2v) is 5.29. The van der Waals surface area contributed by atoms with Crippen molar-refractivity contribution in [2.75, 3.05) is 23.7 Å². The molecular weight excluding hydrogens is 304 g/mol. The molecule has 0 spiro atoms. The molecular formula is C18H22N4O2. The number of carbonyl (C=O) groups excluding carboxylic acids is 2. The average molecular weight is 326 g/mol. The molecule has 6 heteroatoms. The normalized spacial score (nSPS) is 10.1. The first kappa shape index (κ1) is 17.5. The molecule has 0 aliphatic heterocycles. The minimum Gasteiger partial charge on any atom is -0.355 e. The van der Waals surface area contributed by atoms with Gasteiger partial charge in [0.2, 0.25) is 5.91 Å². The van der Waals surface area contributed by atoms with Crippen LogP contribution in [-0.2, 0) is 4.79 Å². The highest BCUT2D eigenvalue weighted by Crippen LogP contribution is 2.20. The van der Waals surface area contributed by atoms with Crippen LogP contribution >= 0.6 is 0 Å². The third-order valence-corrected chi connectivity index (χ3v) is 3.50. The molecule has 24 heavy (non-hydrogen) atoms. The van der Waals surface area contributed by atoms with Gasteiger partial charge >= 0.3 is 0 Å². The summed E-state index contributed by atoms with van der Waals surface area (Å²) in [5.41, 5.74) is 2.69. The van der Waals surface area contributed by atoms with Crippen molar-refractivity contribution in [1.82, 2.24) is 9.88 Å². The fraction of sp³-hybridized carbons (Fsp3) is 0.278. The molecule has 0 radical (unpaired) electrons. The summed E-state index contributed by atoms with van der Waals surface area (Å²) in [6, 6.07) is 10.9. The van der Waals surface area contributed by atoms with E-state index in [0.717, 1.165) is 11.4 Å². The van der Waals surface area contributed by atoms with Gasteiger partial charge in [-0.2, -0.15) is 0 Å². The predicted molar refractivity (Wildman–Crippen MR) is 95.5 cm³/mol. The van der Waals surface area contributed by atoms with E-state index in [1.54, 1.807) is 23.2 Å². The SMILES string of the molecule is CCN(CC)C(=O)c1cc(Nc2cccc(NC(C)=O)c2)ccn1. The number of nitrogens with zero attached hydrogens (tertiary/aromatic N) is 2. The average Bonchev–Trinajstić information content (AvgIpc) is 2.56. The summed E-state index contributed by atoms with van der Waals surface area (Å²) in [4.78, 5) is 29.4. The maximum absolute atomic E-state index is 12.4. The van der Waals surface area contributed by atoms with Crippen molar-refractivity contribution >= 4 is 28.9 Å². The van der Waals surface area contributed by atoms with E-state index >= 15 is 0 Å². The summed E-state index contributed by atoms with van der Waals surface area (Å²) in [6.07, 6.45) is 1.61. The van der Waals surface area contributed by atoms with E-state index in [9.17, 15) is 9.59 Å². The Bertz CT molecular complexity index is 726. The van der Waals surface area contributed by atoms with E-state index in [1.807, 2.05) is 38.1 Å². The van der Waals surface area contributed by atoms with Crippen molar-refractivity contribution in [3.63, 3.8) is 0 Å². The molecule has 0 bridgehead atoms. The lowest BCUT2D eigenvalue weighted by molar-refractivity contribution is -0.114. The van der Waals surface area contributed by atoms with Crippen molar-refractivity contribution in [1.29, 1.82) is 0 Å². The molecule has 0 aliphatic carbocycles. The van der Waals surface area contributed by atoms with Crippen LogP contribution in [-0.4, -0.2) is 34.8 Å². The topological polar surface area (TPSA) is 74.3 Å². The molecule has 126 valence electrons. The maximum atomic E-state index is 12.4. The Morgan fingerprint density at radius 2 is 1.71 bits per heavy atom. The molecule has 0 atom stereocenters. The van der Waals surface area contributed by atoms with E-state index in [1.165, 1.54) is 6.92 Å². The fourth-order valence-corrected chi connectivity index (χ4v) is 2.34. The third-order valence-electron chi connectivity index (χ3n) is 3.50. The van der Waals surface area contributed by atoms with Gasteiger partial charge in [0.05, 0.1) is 0 Å². The minimum atomic E-state index is -0.122. The number of benzene rings is 1. The Morgan fingerprint density at radius 3 is 2.38 bits per heavy atom. The highest BCUT2D eigenvalue weighted by molar-refractivity contribution is 5.93. The molecule has 0 saturated heterocycles. The quantitative estimate of drug-likeness (QED) is 0.854. The number of hydrogen-bond acceptors (Lipinski definition) is 4. The lowest BCUT2D eigenvalue weighted by atomic mass is 10.2. The Hall–Kier alpha value is -2.89. The van der Waals surface area contributed by atoms with Gasteiger partial charge in [0.15, 0.2) is 0 Å². The van der Waals surface area contributed by atoms with Crippen LogP contribution < -0.4 is 10.6 Å². The lowest BCUT2D eigenvalue weighted by Gasteiger charge is -2.18. The first-order chi connectivity index (χ1) is 11.5. The van der Waals surface area contributed by atoms with Crippen molar-refractivity contribution in [2.24, 2.45) is 0 Å². The molecule has 1 heterocycles. The largest absolute Gasteiger partial charge is 0.355 e. The van der Waals surface area contributed by atoms with Gasteiger partial charge in [-0.25, -0.2) is 0 Å². The zero-order chi connectivity index (χ0) is 17.5. The van der Waals surface area contributed by atoms with Crippen LogP contribution in [0.3, 0.4) is 0 Å². The molecule has 1 aromatic carbocycles. The van der Waals surface area contributed by atoms with E-state index in [4.69, 9.17) is 0 Å². The first-order valence-corrected chi connectivity index (χ1v) is 7.93. The second kappa shape index (κ2) is 8.10. The van der Waals surface area contributed by atoms with Gasteiger partial charge in [-0.05, 0) is 44.2 Å². The van der Waals surface area contributed by atoms with Gasteiger partial charge in [-0.1, -0.05) is 6.07 Å². The number of pyridine rings is 1. The Morgan fingerprint density at radius 1 is 1.04 bits per heavy atom. The van der Waals surface area contributed by atoms with Crippen molar-refractivity contribution in [2.45, 2.75) is 20.8 Å². The number of nitrogens with one attached hydrogen (secondary N) is 2. The summed E-state index contributed by atoms with van der Waals surface area (Å²) in [5, 5.41) is 5.96. The van der Waals surface area contributed by atoms with Gasteiger partial charge in [-0.3, -0.25) is 14.6 Å². The molecule has 2 N–H and O–H groups in total. The van der Waals surface area contributed by atoms with Crippen LogP contribution in [0.5, 0.6) is 0 Å². The standard InChI is InChI=1S/C18H22N4O2/c1-4-22(5-2)18(24)17-12-16(9-10-19-17)21-15-8-6-7-14(11-15)20-13(3)23/h6-12H,4-5H2,1-3H3,(H,19,21)(H,20,23). The van der Waals surface area contributed by atoms with Crippen molar-refractivity contribution in [3.8, 4) is 0 Å². The molecule has 6 nitrogen and oxygen atoms in total. The summed E-state index contributed by atoms with van der Waals surface area (Å²) in [5.74, 6) is -0.209. The minimum absolute atomic E-state index is 0.0874. The van der Waals surface area contributed by atoms with Crippen molar-refractivity contribution < 1.29 is 9.59 Å². The summed E-state index contributed by atoms with van der Waals surface area (Å²) >= 11 is 0. The van der Waals surface area contributed by atoms with E-state index in [0.29, 0.717) is 24.5 Å². The fourth-order valence-electron chi connectivity index (χ4n) is 2.34. The Labute approximate surface area is 141 Å². The smallest absolute Gasteiger partial charge is 0.272 e. The number of rotatable bonds is 6. The van der Waals surface area contributed by atoms with Crippen LogP contribution in [0.1, 0.15) is 31.3 Å². The number of aromatic nitrogens is 1. The van der Waals surface area contributed by atoms with Gasteiger partial charge in [0, 0.05) is 43.3 Å². The predicted octanol–water partition coefficient (Wildman–Crippen LogP) is 3.27. The molecule has 2 rings (SSSR count). The maximum Gasteiger partial charge on any atom is 0.272 e. The van der Waals surface area contributed by atoms with Gasteiger partial charge in [-0.15, -0.1) is 0 Å². The Balaban J connectivity index is 2.18. The van der Waals surface area contributed by atoms with E-state index < -0.39 is 0 Å². The van der Waals surface area contributed by atoms with E-state index in [2.05, 4.69) is 15.6 Å². The van der Waals surface area contributed by atoms with Crippen LogP contribution in [0.25, 0.3) is 0 Å². The zero-order valence-electron chi connectivity index (χ0n) is 14.2. The zero-order valence-corrected chi connectivity index (χ0v) is 14.2. The summed E-state index contributed by atoms with van der Waals surface area (Å²) in [7, 11) is 0. The second-order valence-electron chi connectivity index (χ2n) is 5.29. The highest BCUT2D eigenvalue weighted by Gasteiger charge is 2.14. The molecule has 2 amide bonds. The molecule has 0 fully saturated rings. The third kappa shape index (κ3) is 4.55. The summed E-state index contributed by atoms with van der Waals surface area (Å²) in [6.45, 7) is 6.64. The molecule has 0 saturated carbocycles. The summed E-state index contributed by atoms with van der Waals surface area (Å²) < 4.78 is 0.